The quantitative estimate of drug-likeness (QED) is 0.134. The Morgan fingerprint density at radius 1 is 0.347 bits per heavy atom. The molecule has 0 unspecified atom stereocenters. The van der Waals surface area contributed by atoms with Gasteiger partial charge in [-0.3, -0.25) is 0 Å². The molecule has 0 aromatic heterocycles. The van der Waals surface area contributed by atoms with Crippen molar-refractivity contribution in [2.75, 3.05) is 0 Å². The minimum absolute atomic E-state index is 0.0637. The summed E-state index contributed by atoms with van der Waals surface area (Å²) in [5.74, 6) is 1.85. The van der Waals surface area contributed by atoms with Crippen molar-refractivity contribution in [3.8, 4) is 11.5 Å². The highest BCUT2D eigenvalue weighted by Gasteiger charge is 2.24. The number of hydrogen-bond acceptors (Lipinski definition) is 1. The standard InChI is InChI=1S/C48H58O/c1-13-45(5,6)33-17-21-37-31(25-33)27-43(41-29-35(19-23-39(37)41)47(9,10)15-3)49-44-28-32-26-34(46(7,8)14-2)18-22-38(32)40-24-20-36(30-42(40)44)48(11,12)16-4/h17-30H,13-16H2,1-12H3. The Morgan fingerprint density at radius 3 is 0.939 bits per heavy atom. The van der Waals surface area contributed by atoms with E-state index in [-0.39, 0.29) is 21.7 Å². The second kappa shape index (κ2) is 12.5. The average molecular weight is 651 g/mol. The minimum atomic E-state index is 0.0637. The maximum absolute atomic E-state index is 7.33. The third-order valence-electron chi connectivity index (χ3n) is 12.7. The largest absolute Gasteiger partial charge is 0.456 e. The van der Waals surface area contributed by atoms with Gasteiger partial charge < -0.3 is 4.74 Å². The Bertz CT molecular complexity index is 2030. The van der Waals surface area contributed by atoms with E-state index in [0.717, 1.165) is 37.2 Å². The molecule has 6 aromatic rings. The molecular formula is C48H58O. The summed E-state index contributed by atoms with van der Waals surface area (Å²) in [5.41, 5.74) is 5.74. The van der Waals surface area contributed by atoms with Gasteiger partial charge in [0.05, 0.1) is 0 Å². The highest BCUT2D eigenvalue weighted by Crippen LogP contribution is 2.45. The van der Waals surface area contributed by atoms with E-state index in [1.54, 1.807) is 0 Å². The minimum Gasteiger partial charge on any atom is -0.456 e. The first-order valence-corrected chi connectivity index (χ1v) is 18.8. The highest BCUT2D eigenvalue weighted by atomic mass is 16.5. The number of fused-ring (bicyclic) bond motifs is 6. The molecule has 0 N–H and O–H groups in total. The predicted octanol–water partition coefficient (Wildman–Crippen LogP) is 14.8. The summed E-state index contributed by atoms with van der Waals surface area (Å²) in [7, 11) is 0. The van der Waals surface area contributed by atoms with E-state index in [1.807, 2.05) is 0 Å². The Labute approximate surface area is 296 Å². The lowest BCUT2D eigenvalue weighted by atomic mass is 9.80. The van der Waals surface area contributed by atoms with Gasteiger partial charge in [0.1, 0.15) is 11.5 Å². The van der Waals surface area contributed by atoms with Gasteiger partial charge in [-0.2, -0.15) is 0 Å². The monoisotopic (exact) mass is 650 g/mol. The second-order valence-electron chi connectivity index (χ2n) is 17.2. The zero-order chi connectivity index (χ0) is 35.5. The van der Waals surface area contributed by atoms with Gasteiger partial charge in [-0.05, 0) is 126 Å². The van der Waals surface area contributed by atoms with Crippen LogP contribution in [-0.4, -0.2) is 0 Å². The van der Waals surface area contributed by atoms with Crippen molar-refractivity contribution < 1.29 is 4.74 Å². The first-order chi connectivity index (χ1) is 23.0. The molecule has 0 fully saturated rings. The second-order valence-corrected chi connectivity index (χ2v) is 17.2. The molecule has 0 heterocycles. The van der Waals surface area contributed by atoms with Crippen LogP contribution in [0.3, 0.4) is 0 Å². The maximum atomic E-state index is 7.33. The zero-order valence-electron chi connectivity index (χ0n) is 32.3. The molecule has 0 spiro atoms. The van der Waals surface area contributed by atoms with Gasteiger partial charge in [-0.25, -0.2) is 0 Å². The third kappa shape index (κ3) is 6.24. The third-order valence-corrected chi connectivity index (χ3v) is 12.7. The van der Waals surface area contributed by atoms with Gasteiger partial charge >= 0.3 is 0 Å². The molecule has 0 saturated heterocycles. The molecule has 0 aliphatic rings. The SMILES string of the molecule is CCC(C)(C)c1ccc2c(c1)cc(Oc1cc3cc(C(C)(C)CC)ccc3c3ccc(C(C)(C)CC)cc13)c1cc(C(C)(C)CC)ccc12. The lowest BCUT2D eigenvalue weighted by molar-refractivity contribution is 0.492. The van der Waals surface area contributed by atoms with Crippen LogP contribution in [-0.2, 0) is 21.7 Å². The van der Waals surface area contributed by atoms with Gasteiger partial charge in [-0.1, -0.05) is 144 Å². The van der Waals surface area contributed by atoms with Crippen molar-refractivity contribution in [2.24, 2.45) is 0 Å². The van der Waals surface area contributed by atoms with E-state index in [2.05, 4.69) is 168 Å². The maximum Gasteiger partial charge on any atom is 0.135 e. The Balaban J connectivity index is 1.67. The Kier molecular flexibility index (Phi) is 8.92. The van der Waals surface area contributed by atoms with E-state index in [9.17, 15) is 0 Å². The van der Waals surface area contributed by atoms with Crippen LogP contribution in [0.15, 0.2) is 84.9 Å². The molecule has 0 bridgehead atoms. The van der Waals surface area contributed by atoms with Crippen LogP contribution < -0.4 is 4.74 Å². The van der Waals surface area contributed by atoms with Crippen LogP contribution in [0.5, 0.6) is 11.5 Å². The summed E-state index contributed by atoms with van der Waals surface area (Å²) >= 11 is 0. The fourth-order valence-electron chi connectivity index (χ4n) is 7.05. The van der Waals surface area contributed by atoms with Crippen molar-refractivity contribution in [3.63, 3.8) is 0 Å². The molecule has 6 aromatic carbocycles. The van der Waals surface area contributed by atoms with Crippen molar-refractivity contribution in [3.05, 3.63) is 107 Å². The van der Waals surface area contributed by atoms with Gasteiger partial charge in [0.2, 0.25) is 0 Å². The fourth-order valence-corrected chi connectivity index (χ4v) is 7.05. The first-order valence-electron chi connectivity index (χ1n) is 18.8. The number of hydrogen-bond donors (Lipinski definition) is 0. The van der Waals surface area contributed by atoms with Gasteiger partial charge in [0.15, 0.2) is 0 Å². The molecule has 0 saturated carbocycles. The molecule has 6 rings (SSSR count). The van der Waals surface area contributed by atoms with E-state index in [4.69, 9.17) is 4.74 Å². The van der Waals surface area contributed by atoms with Gasteiger partial charge in [0.25, 0.3) is 0 Å². The number of benzene rings is 6. The molecule has 1 nitrogen and oxygen atoms in total. The van der Waals surface area contributed by atoms with Crippen LogP contribution in [0.4, 0.5) is 0 Å². The van der Waals surface area contributed by atoms with E-state index in [1.165, 1.54) is 65.3 Å². The van der Waals surface area contributed by atoms with Crippen LogP contribution in [0.1, 0.15) is 131 Å². The number of rotatable bonds is 10. The Hall–Kier alpha value is -3.84. The van der Waals surface area contributed by atoms with Crippen LogP contribution in [0.25, 0.3) is 43.1 Å². The summed E-state index contributed by atoms with van der Waals surface area (Å²) in [6.07, 6.45) is 4.31. The molecule has 0 aliphatic carbocycles. The highest BCUT2D eigenvalue weighted by molar-refractivity contribution is 6.13. The Morgan fingerprint density at radius 2 is 0.633 bits per heavy atom. The van der Waals surface area contributed by atoms with Crippen molar-refractivity contribution in [1.82, 2.24) is 0 Å². The van der Waals surface area contributed by atoms with E-state index >= 15 is 0 Å². The van der Waals surface area contributed by atoms with Crippen molar-refractivity contribution in [2.45, 2.75) is 130 Å². The summed E-state index contributed by atoms with van der Waals surface area (Å²) < 4.78 is 7.33. The number of ether oxygens (including phenoxy) is 1. The summed E-state index contributed by atoms with van der Waals surface area (Å²) in [6.45, 7) is 27.9. The molecule has 256 valence electrons. The van der Waals surface area contributed by atoms with Crippen LogP contribution >= 0.6 is 0 Å². The average Bonchev–Trinajstić information content (AvgIpc) is 3.10. The summed E-state index contributed by atoms with van der Waals surface area (Å²) in [6, 6.07) is 32.9. The van der Waals surface area contributed by atoms with Crippen molar-refractivity contribution in [1.29, 1.82) is 0 Å². The smallest absolute Gasteiger partial charge is 0.135 e. The normalized spacial score (nSPS) is 13.2. The summed E-state index contributed by atoms with van der Waals surface area (Å²) in [5, 5.41) is 9.85. The van der Waals surface area contributed by atoms with Crippen molar-refractivity contribution >= 4 is 43.1 Å². The molecule has 0 amide bonds. The van der Waals surface area contributed by atoms with E-state index in [0.29, 0.717) is 0 Å². The lowest BCUT2D eigenvalue weighted by Gasteiger charge is -2.26. The fraction of sp³-hybridized carbons (Fsp3) is 0.417. The molecule has 0 atom stereocenters. The molecule has 1 heteroatoms. The van der Waals surface area contributed by atoms with Crippen LogP contribution in [0, 0.1) is 0 Å². The zero-order valence-corrected chi connectivity index (χ0v) is 32.3. The summed E-state index contributed by atoms with van der Waals surface area (Å²) in [4.78, 5) is 0. The molecule has 0 aliphatic heterocycles. The van der Waals surface area contributed by atoms with E-state index < -0.39 is 0 Å². The first kappa shape index (κ1) is 35.0. The lowest BCUT2D eigenvalue weighted by Crippen LogP contribution is -2.15. The predicted molar refractivity (Wildman–Crippen MR) is 216 cm³/mol. The van der Waals surface area contributed by atoms with Gasteiger partial charge in [0, 0.05) is 10.8 Å². The van der Waals surface area contributed by atoms with Crippen LogP contribution in [0.2, 0.25) is 0 Å². The topological polar surface area (TPSA) is 9.23 Å². The van der Waals surface area contributed by atoms with Gasteiger partial charge in [-0.15, -0.1) is 0 Å². The molecule has 49 heavy (non-hydrogen) atoms. The molecular weight excluding hydrogens is 593 g/mol. The molecule has 0 radical (unpaired) electrons.